The summed E-state index contributed by atoms with van der Waals surface area (Å²) in [6, 6.07) is 5.47. The summed E-state index contributed by atoms with van der Waals surface area (Å²) in [6.45, 7) is 3.36. The van der Waals surface area contributed by atoms with Crippen molar-refractivity contribution in [1.82, 2.24) is 15.5 Å². The summed E-state index contributed by atoms with van der Waals surface area (Å²) >= 11 is 3.87. The summed E-state index contributed by atoms with van der Waals surface area (Å²) in [5, 5.41) is 10.2. The highest BCUT2D eigenvalue weighted by molar-refractivity contribution is 7.99. The van der Waals surface area contributed by atoms with E-state index >= 15 is 0 Å². The Bertz CT molecular complexity index is 511. The molecule has 0 radical (unpaired) electrons. The molecule has 2 fully saturated rings. The second-order valence-corrected chi connectivity index (χ2v) is 8.86. The molecule has 3 rings (SSSR count). The van der Waals surface area contributed by atoms with Crippen LogP contribution >= 0.6 is 23.1 Å². The van der Waals surface area contributed by atoms with Crippen LogP contribution in [0.5, 0.6) is 0 Å². The van der Waals surface area contributed by atoms with Crippen LogP contribution in [0.25, 0.3) is 0 Å². The first-order chi connectivity index (χ1) is 11.8. The molecule has 2 aliphatic rings. The molecule has 1 saturated carbocycles. The summed E-state index contributed by atoms with van der Waals surface area (Å²) in [5.74, 6) is 0.961. The number of nitrogens with zero attached hydrogens (tertiary/aromatic N) is 2. The average Bonchev–Trinajstić information content (AvgIpc) is 3.36. The number of hydrogen-bond donors (Lipinski definition) is 2. The molecule has 0 bridgehead atoms. The van der Waals surface area contributed by atoms with E-state index in [1.165, 1.54) is 50.1 Å². The highest BCUT2D eigenvalue weighted by Crippen LogP contribution is 2.29. The van der Waals surface area contributed by atoms with Crippen molar-refractivity contribution in [3.8, 4) is 0 Å². The number of likely N-dealkylation sites (tertiary alicyclic amines) is 1. The zero-order valence-electron chi connectivity index (χ0n) is 14.8. The third kappa shape index (κ3) is 4.67. The number of aliphatic imine (C=N–C) groups is 1. The standard InChI is InChI=1S/C18H30N4S2/c1-19-18(21-14-7-8-15(12-14)23-2)20-13-16(17-6-5-11-24-17)22-9-3-4-10-22/h5-6,11,14-16H,3-4,7-10,12-13H2,1-2H3,(H2,19,20,21). The van der Waals surface area contributed by atoms with E-state index in [4.69, 9.17) is 0 Å². The minimum atomic E-state index is 0.466. The van der Waals surface area contributed by atoms with Crippen molar-refractivity contribution in [3.63, 3.8) is 0 Å². The molecular weight excluding hydrogens is 336 g/mol. The fourth-order valence-electron chi connectivity index (χ4n) is 3.81. The number of guanidine groups is 1. The topological polar surface area (TPSA) is 39.7 Å². The Balaban J connectivity index is 1.54. The van der Waals surface area contributed by atoms with Gasteiger partial charge in [-0.25, -0.2) is 0 Å². The molecule has 1 aromatic heterocycles. The number of hydrogen-bond acceptors (Lipinski definition) is 4. The number of thioether (sulfide) groups is 1. The Hall–Kier alpha value is -0.720. The molecule has 1 aromatic rings. The molecule has 0 spiro atoms. The maximum absolute atomic E-state index is 4.45. The van der Waals surface area contributed by atoms with E-state index in [1.807, 2.05) is 30.1 Å². The lowest BCUT2D eigenvalue weighted by molar-refractivity contribution is 0.249. The van der Waals surface area contributed by atoms with Crippen LogP contribution in [0.1, 0.15) is 43.0 Å². The highest BCUT2D eigenvalue weighted by Gasteiger charge is 2.26. The molecule has 2 N–H and O–H groups in total. The molecular formula is C18H30N4S2. The van der Waals surface area contributed by atoms with E-state index in [0.717, 1.165) is 17.8 Å². The second kappa shape index (κ2) is 9.11. The Morgan fingerprint density at radius 2 is 2.25 bits per heavy atom. The fourth-order valence-corrected chi connectivity index (χ4v) is 5.47. The highest BCUT2D eigenvalue weighted by atomic mass is 32.2. The lowest BCUT2D eigenvalue weighted by atomic mass is 10.2. The first-order valence-corrected chi connectivity index (χ1v) is 11.2. The molecule has 4 nitrogen and oxygen atoms in total. The third-order valence-corrected chi connectivity index (χ3v) is 7.27. The lowest BCUT2D eigenvalue weighted by Crippen LogP contribution is -2.45. The third-order valence-electron chi connectivity index (χ3n) is 5.20. The first kappa shape index (κ1) is 18.1. The Morgan fingerprint density at radius 3 is 2.88 bits per heavy atom. The molecule has 0 amide bonds. The summed E-state index contributed by atoms with van der Waals surface area (Å²) in [7, 11) is 1.88. The van der Waals surface area contributed by atoms with Crippen molar-refractivity contribution < 1.29 is 0 Å². The molecule has 24 heavy (non-hydrogen) atoms. The maximum Gasteiger partial charge on any atom is 0.191 e. The second-order valence-electron chi connectivity index (χ2n) is 6.74. The fraction of sp³-hybridized carbons (Fsp3) is 0.722. The van der Waals surface area contributed by atoms with Gasteiger partial charge in [-0.3, -0.25) is 9.89 Å². The van der Waals surface area contributed by atoms with Gasteiger partial charge in [-0.05, 0) is 62.9 Å². The lowest BCUT2D eigenvalue weighted by Gasteiger charge is -2.28. The SMILES string of the molecule is CN=C(NCC(c1cccs1)N1CCCC1)NC1CCC(SC)C1. The van der Waals surface area contributed by atoms with Crippen LogP contribution in [0.15, 0.2) is 22.5 Å². The smallest absolute Gasteiger partial charge is 0.191 e. The predicted molar refractivity (Wildman–Crippen MR) is 107 cm³/mol. The van der Waals surface area contributed by atoms with Crippen LogP contribution < -0.4 is 10.6 Å². The van der Waals surface area contributed by atoms with Crippen molar-refractivity contribution >= 4 is 29.1 Å². The van der Waals surface area contributed by atoms with Gasteiger partial charge in [0.1, 0.15) is 0 Å². The number of nitrogens with one attached hydrogen (secondary N) is 2. The molecule has 2 heterocycles. The van der Waals surface area contributed by atoms with Crippen LogP contribution in [-0.4, -0.2) is 55.1 Å². The molecule has 1 aliphatic carbocycles. The van der Waals surface area contributed by atoms with Crippen molar-refractivity contribution in [2.24, 2.45) is 4.99 Å². The monoisotopic (exact) mass is 366 g/mol. The first-order valence-electron chi connectivity index (χ1n) is 9.07. The van der Waals surface area contributed by atoms with E-state index in [0.29, 0.717) is 12.1 Å². The van der Waals surface area contributed by atoms with Crippen molar-refractivity contribution in [3.05, 3.63) is 22.4 Å². The minimum Gasteiger partial charge on any atom is -0.354 e. The minimum absolute atomic E-state index is 0.466. The number of rotatable bonds is 6. The maximum atomic E-state index is 4.45. The molecule has 3 atom stereocenters. The predicted octanol–water partition coefficient (Wildman–Crippen LogP) is 3.33. The van der Waals surface area contributed by atoms with Crippen LogP contribution in [0.2, 0.25) is 0 Å². The van der Waals surface area contributed by atoms with Gasteiger partial charge in [0, 0.05) is 29.8 Å². The Morgan fingerprint density at radius 1 is 1.42 bits per heavy atom. The molecule has 3 unspecified atom stereocenters. The Kier molecular flexibility index (Phi) is 6.86. The van der Waals surface area contributed by atoms with Gasteiger partial charge in [-0.15, -0.1) is 11.3 Å². The van der Waals surface area contributed by atoms with E-state index in [9.17, 15) is 0 Å². The zero-order chi connectivity index (χ0) is 16.8. The van der Waals surface area contributed by atoms with E-state index in [2.05, 4.69) is 44.3 Å². The van der Waals surface area contributed by atoms with Gasteiger partial charge in [0.05, 0.1) is 6.04 Å². The average molecular weight is 367 g/mol. The van der Waals surface area contributed by atoms with Gasteiger partial charge < -0.3 is 10.6 Å². The van der Waals surface area contributed by atoms with Crippen molar-refractivity contribution in [2.75, 3.05) is 32.9 Å². The van der Waals surface area contributed by atoms with Crippen LogP contribution in [0.3, 0.4) is 0 Å². The molecule has 6 heteroatoms. The van der Waals surface area contributed by atoms with Crippen LogP contribution in [-0.2, 0) is 0 Å². The van der Waals surface area contributed by atoms with Gasteiger partial charge >= 0.3 is 0 Å². The van der Waals surface area contributed by atoms with Gasteiger partial charge in [-0.1, -0.05) is 6.07 Å². The molecule has 1 aliphatic heterocycles. The van der Waals surface area contributed by atoms with Crippen molar-refractivity contribution in [1.29, 1.82) is 0 Å². The Labute approximate surface area is 154 Å². The molecule has 1 saturated heterocycles. The molecule has 134 valence electrons. The normalized spacial score (nSPS) is 26.7. The summed E-state index contributed by atoms with van der Waals surface area (Å²) in [6.07, 6.45) is 8.71. The van der Waals surface area contributed by atoms with E-state index < -0.39 is 0 Å². The van der Waals surface area contributed by atoms with Gasteiger partial charge in [0.15, 0.2) is 5.96 Å². The number of thiophene rings is 1. The van der Waals surface area contributed by atoms with Gasteiger partial charge in [0.2, 0.25) is 0 Å². The van der Waals surface area contributed by atoms with Gasteiger partial charge in [0.25, 0.3) is 0 Å². The summed E-state index contributed by atoms with van der Waals surface area (Å²) < 4.78 is 0. The summed E-state index contributed by atoms with van der Waals surface area (Å²) in [5.41, 5.74) is 0. The van der Waals surface area contributed by atoms with Gasteiger partial charge in [-0.2, -0.15) is 11.8 Å². The van der Waals surface area contributed by atoms with Crippen LogP contribution in [0, 0.1) is 0 Å². The largest absolute Gasteiger partial charge is 0.354 e. The molecule has 0 aromatic carbocycles. The van der Waals surface area contributed by atoms with E-state index in [1.54, 1.807) is 0 Å². The van der Waals surface area contributed by atoms with Crippen molar-refractivity contribution in [2.45, 2.75) is 49.4 Å². The quantitative estimate of drug-likeness (QED) is 0.598. The van der Waals surface area contributed by atoms with Crippen LogP contribution in [0.4, 0.5) is 0 Å². The summed E-state index contributed by atoms with van der Waals surface area (Å²) in [4.78, 5) is 8.53. The zero-order valence-corrected chi connectivity index (χ0v) is 16.5. The van der Waals surface area contributed by atoms with E-state index in [-0.39, 0.29) is 0 Å².